The Bertz CT molecular complexity index is 1130. The average molecular weight is 424 g/mol. The second-order valence-corrected chi connectivity index (χ2v) is 5.97. The Kier molecular flexibility index (Phi) is 5.71. The fraction of sp³-hybridized carbons (Fsp3) is 0.235. The third kappa shape index (κ3) is 4.56. The highest BCUT2D eigenvalue weighted by Crippen LogP contribution is 2.35. The lowest BCUT2D eigenvalue weighted by Crippen LogP contribution is -2.22. The van der Waals surface area contributed by atoms with Gasteiger partial charge < -0.3 is 15.2 Å². The number of ether oxygens (including phenoxy) is 1. The minimum absolute atomic E-state index is 0.0655. The number of methoxy groups -OCH3 is 1. The Morgan fingerprint density at radius 1 is 1.33 bits per heavy atom. The number of hydrogen-bond donors (Lipinski definition) is 2. The van der Waals surface area contributed by atoms with E-state index in [9.17, 15) is 22.8 Å². The number of alkyl halides is 3. The molecule has 0 fully saturated rings. The van der Waals surface area contributed by atoms with Crippen LogP contribution in [-0.4, -0.2) is 42.7 Å². The topological polar surface area (TPSA) is 124 Å². The van der Waals surface area contributed by atoms with Gasteiger partial charge >= 0.3 is 12.1 Å². The number of carbonyl (C=O) groups is 1. The van der Waals surface area contributed by atoms with E-state index in [1.807, 2.05) is 0 Å². The Balaban J connectivity index is 1.89. The summed E-state index contributed by atoms with van der Waals surface area (Å²) in [7, 11) is 1.20. The van der Waals surface area contributed by atoms with Crippen molar-refractivity contribution in [1.82, 2.24) is 24.5 Å². The molecule has 0 bridgehead atoms. The van der Waals surface area contributed by atoms with Crippen LogP contribution in [0.5, 0.6) is 5.75 Å². The van der Waals surface area contributed by atoms with Crippen molar-refractivity contribution < 1.29 is 27.8 Å². The predicted octanol–water partition coefficient (Wildman–Crippen LogP) is 2.07. The van der Waals surface area contributed by atoms with Crippen molar-refractivity contribution in [2.75, 3.05) is 12.4 Å². The van der Waals surface area contributed by atoms with Crippen LogP contribution in [0.15, 0.2) is 41.6 Å². The van der Waals surface area contributed by atoms with Crippen LogP contribution in [0.1, 0.15) is 12.0 Å². The molecule has 0 spiro atoms. The van der Waals surface area contributed by atoms with E-state index in [-0.39, 0.29) is 36.0 Å². The van der Waals surface area contributed by atoms with Crippen LogP contribution in [0.3, 0.4) is 0 Å². The highest BCUT2D eigenvalue weighted by atomic mass is 19.4. The van der Waals surface area contributed by atoms with Gasteiger partial charge in [-0.2, -0.15) is 13.2 Å². The van der Waals surface area contributed by atoms with E-state index in [2.05, 4.69) is 20.6 Å². The molecule has 10 nitrogen and oxygen atoms in total. The van der Waals surface area contributed by atoms with E-state index in [0.29, 0.717) is 0 Å². The standard InChI is InChI=1S/C17H15F3N6O4/c1-30-12-8-10(17(18,19)20)2-3-11(12)22-15-16(29)26(7-5-21-15)13-9-25(24-23-13)6-4-14(27)28/h2-3,5,7-9H,4,6H2,1H3,(H,21,22)(H,27,28). The Hall–Kier alpha value is -3.90. The molecule has 2 aromatic heterocycles. The summed E-state index contributed by atoms with van der Waals surface area (Å²) in [6, 6.07) is 2.78. The molecule has 0 amide bonds. The second kappa shape index (κ2) is 8.23. The predicted molar refractivity (Wildman–Crippen MR) is 96.9 cm³/mol. The maximum Gasteiger partial charge on any atom is 0.416 e. The summed E-state index contributed by atoms with van der Waals surface area (Å²) < 4.78 is 46.0. The lowest BCUT2D eigenvalue weighted by molar-refractivity contribution is -0.138. The second-order valence-electron chi connectivity index (χ2n) is 5.97. The number of aryl methyl sites for hydroxylation is 1. The monoisotopic (exact) mass is 424 g/mol. The summed E-state index contributed by atoms with van der Waals surface area (Å²) in [5.41, 5.74) is -1.44. The summed E-state index contributed by atoms with van der Waals surface area (Å²) in [6.45, 7) is 0.0655. The van der Waals surface area contributed by atoms with E-state index in [1.165, 1.54) is 30.4 Å². The molecule has 3 aromatic rings. The van der Waals surface area contributed by atoms with Gasteiger partial charge in [-0.1, -0.05) is 5.21 Å². The van der Waals surface area contributed by atoms with Crippen molar-refractivity contribution in [2.24, 2.45) is 0 Å². The van der Waals surface area contributed by atoms with Crippen LogP contribution >= 0.6 is 0 Å². The summed E-state index contributed by atoms with van der Waals surface area (Å²) in [6.07, 6.45) is -0.725. The Morgan fingerprint density at radius 2 is 2.10 bits per heavy atom. The molecule has 0 saturated heterocycles. The third-order valence-electron chi connectivity index (χ3n) is 3.95. The molecule has 0 saturated carbocycles. The van der Waals surface area contributed by atoms with Crippen LogP contribution < -0.4 is 15.6 Å². The molecule has 0 aliphatic rings. The van der Waals surface area contributed by atoms with Gasteiger partial charge in [-0.15, -0.1) is 5.10 Å². The van der Waals surface area contributed by atoms with E-state index in [0.717, 1.165) is 22.8 Å². The lowest BCUT2D eigenvalue weighted by atomic mass is 10.2. The van der Waals surface area contributed by atoms with E-state index < -0.39 is 23.3 Å². The fourth-order valence-corrected chi connectivity index (χ4v) is 2.49. The first-order chi connectivity index (χ1) is 14.2. The number of aromatic nitrogens is 5. The largest absolute Gasteiger partial charge is 0.495 e. The highest BCUT2D eigenvalue weighted by molar-refractivity contribution is 5.66. The SMILES string of the molecule is COc1cc(C(F)(F)F)ccc1Nc1nccn(-c2cn(CCC(=O)O)nn2)c1=O. The van der Waals surface area contributed by atoms with Crippen LogP contribution in [0.4, 0.5) is 24.7 Å². The smallest absolute Gasteiger partial charge is 0.416 e. The first kappa shape index (κ1) is 20.8. The van der Waals surface area contributed by atoms with Gasteiger partial charge in [-0.3, -0.25) is 14.2 Å². The number of rotatable bonds is 7. The van der Waals surface area contributed by atoms with Gasteiger partial charge in [0.1, 0.15) is 5.75 Å². The molecule has 0 aliphatic heterocycles. The number of anilines is 2. The Morgan fingerprint density at radius 3 is 2.77 bits per heavy atom. The van der Waals surface area contributed by atoms with Crippen molar-refractivity contribution in [3.05, 3.63) is 52.7 Å². The highest BCUT2D eigenvalue weighted by Gasteiger charge is 2.31. The van der Waals surface area contributed by atoms with Gasteiger partial charge in [0.2, 0.25) is 0 Å². The maximum absolute atomic E-state index is 12.9. The van der Waals surface area contributed by atoms with Crippen molar-refractivity contribution in [2.45, 2.75) is 19.1 Å². The molecule has 158 valence electrons. The molecule has 2 heterocycles. The molecule has 3 rings (SSSR count). The van der Waals surface area contributed by atoms with Crippen LogP contribution in [0.2, 0.25) is 0 Å². The van der Waals surface area contributed by atoms with Gasteiger partial charge in [0.05, 0.1) is 37.5 Å². The summed E-state index contributed by atoms with van der Waals surface area (Å²) in [5.74, 6) is -1.20. The molecule has 0 unspecified atom stereocenters. The normalized spacial score (nSPS) is 11.3. The van der Waals surface area contributed by atoms with Crippen LogP contribution in [0.25, 0.3) is 5.82 Å². The zero-order valence-corrected chi connectivity index (χ0v) is 15.4. The zero-order valence-electron chi connectivity index (χ0n) is 15.4. The van der Waals surface area contributed by atoms with Crippen molar-refractivity contribution in [3.8, 4) is 11.6 Å². The molecule has 0 aliphatic carbocycles. The van der Waals surface area contributed by atoms with Crippen molar-refractivity contribution >= 4 is 17.5 Å². The number of nitrogens with zero attached hydrogens (tertiary/aromatic N) is 5. The van der Waals surface area contributed by atoms with Crippen LogP contribution in [-0.2, 0) is 17.5 Å². The number of carboxylic acid groups (broad SMARTS) is 1. The quantitative estimate of drug-likeness (QED) is 0.591. The van der Waals surface area contributed by atoms with Gasteiger partial charge in [-0.25, -0.2) is 9.67 Å². The van der Waals surface area contributed by atoms with Crippen LogP contribution in [0, 0.1) is 0 Å². The van der Waals surface area contributed by atoms with Gasteiger partial charge in [0.25, 0.3) is 5.56 Å². The minimum atomic E-state index is -4.55. The summed E-state index contributed by atoms with van der Waals surface area (Å²) in [4.78, 5) is 27.3. The van der Waals surface area contributed by atoms with Crippen molar-refractivity contribution in [3.63, 3.8) is 0 Å². The fourth-order valence-electron chi connectivity index (χ4n) is 2.49. The van der Waals surface area contributed by atoms with Gasteiger partial charge in [0.15, 0.2) is 11.6 Å². The summed E-state index contributed by atoms with van der Waals surface area (Å²) in [5, 5.41) is 19.0. The van der Waals surface area contributed by atoms with Crippen molar-refractivity contribution in [1.29, 1.82) is 0 Å². The van der Waals surface area contributed by atoms with E-state index >= 15 is 0 Å². The molecule has 13 heteroatoms. The molecule has 1 aromatic carbocycles. The number of carboxylic acids is 1. The van der Waals surface area contributed by atoms with Gasteiger partial charge in [-0.05, 0) is 18.2 Å². The average Bonchev–Trinajstić information content (AvgIpc) is 3.16. The number of benzene rings is 1. The molecular weight excluding hydrogens is 409 g/mol. The minimum Gasteiger partial charge on any atom is -0.495 e. The number of nitrogens with one attached hydrogen (secondary N) is 1. The zero-order chi connectivity index (χ0) is 21.9. The molecule has 30 heavy (non-hydrogen) atoms. The van der Waals surface area contributed by atoms with E-state index in [1.54, 1.807) is 0 Å². The number of hydrogen-bond acceptors (Lipinski definition) is 7. The van der Waals surface area contributed by atoms with Gasteiger partial charge in [0, 0.05) is 12.4 Å². The first-order valence-corrected chi connectivity index (χ1v) is 8.41. The number of aliphatic carboxylic acids is 1. The molecule has 2 N–H and O–H groups in total. The molecular formula is C17H15F3N6O4. The summed E-state index contributed by atoms with van der Waals surface area (Å²) >= 11 is 0. The third-order valence-corrected chi connectivity index (χ3v) is 3.95. The van der Waals surface area contributed by atoms with E-state index in [4.69, 9.17) is 9.84 Å². The molecule has 0 radical (unpaired) electrons. The Labute approximate surface area is 166 Å². The number of halogens is 3. The lowest BCUT2D eigenvalue weighted by Gasteiger charge is -2.14. The maximum atomic E-state index is 12.9. The molecule has 0 atom stereocenters. The first-order valence-electron chi connectivity index (χ1n) is 8.41.